The van der Waals surface area contributed by atoms with Crippen molar-refractivity contribution in [2.45, 2.75) is 0 Å². The summed E-state index contributed by atoms with van der Waals surface area (Å²) >= 11 is 11.5. The van der Waals surface area contributed by atoms with Crippen LogP contribution in [0, 0.1) is 0 Å². The van der Waals surface area contributed by atoms with E-state index in [1.54, 1.807) is 24.3 Å². The third-order valence-electron chi connectivity index (χ3n) is 1.81. The highest BCUT2D eigenvalue weighted by Crippen LogP contribution is 2.22. The fourth-order valence-corrected chi connectivity index (χ4v) is 1.33. The molecule has 0 aliphatic heterocycles. The molecule has 3 N–H and O–H groups in total. The van der Waals surface area contributed by atoms with Crippen LogP contribution in [0.3, 0.4) is 0 Å². The average Bonchev–Trinajstić information content (AvgIpc) is 2.28. The molecular weight excluding hydrogens is 263 g/mol. The molecule has 0 atom stereocenters. The number of nitrogens with two attached hydrogens (primary N) is 1. The van der Waals surface area contributed by atoms with Crippen LogP contribution in [0.4, 0.5) is 0 Å². The van der Waals surface area contributed by atoms with Gasteiger partial charge >= 0.3 is 0 Å². The molecule has 0 spiro atoms. The van der Waals surface area contributed by atoms with Gasteiger partial charge in [-0.3, -0.25) is 9.59 Å². The van der Waals surface area contributed by atoms with Crippen LogP contribution in [-0.4, -0.2) is 18.4 Å². The summed E-state index contributed by atoms with van der Waals surface area (Å²) in [5.41, 5.74) is 5.60. The molecule has 17 heavy (non-hydrogen) atoms. The van der Waals surface area contributed by atoms with Gasteiger partial charge in [0.1, 0.15) is 0 Å². The third kappa shape index (κ3) is 4.89. The van der Waals surface area contributed by atoms with E-state index >= 15 is 0 Å². The van der Waals surface area contributed by atoms with Gasteiger partial charge in [-0.25, -0.2) is 0 Å². The summed E-state index contributed by atoms with van der Waals surface area (Å²) < 4.78 is 0. The van der Waals surface area contributed by atoms with Crippen molar-refractivity contribution in [2.24, 2.45) is 5.73 Å². The molecule has 0 aliphatic carbocycles. The maximum Gasteiger partial charge on any atom is 0.244 e. The van der Waals surface area contributed by atoms with Crippen LogP contribution in [0.2, 0.25) is 10.0 Å². The molecule has 0 radical (unpaired) electrons. The minimum atomic E-state index is -0.596. The third-order valence-corrected chi connectivity index (χ3v) is 2.55. The lowest BCUT2D eigenvalue weighted by Gasteiger charge is -1.98. The van der Waals surface area contributed by atoms with Gasteiger partial charge in [-0.2, -0.15) is 0 Å². The first-order valence-corrected chi connectivity index (χ1v) is 5.44. The summed E-state index contributed by atoms with van der Waals surface area (Å²) in [5.74, 6) is -1.00. The van der Waals surface area contributed by atoms with E-state index in [0.717, 1.165) is 5.56 Å². The highest BCUT2D eigenvalue weighted by Gasteiger charge is 1.99. The lowest BCUT2D eigenvalue weighted by Crippen LogP contribution is -2.32. The number of carbonyl (C=O) groups is 2. The normalized spacial score (nSPS) is 10.5. The molecule has 0 unspecified atom stereocenters. The predicted molar refractivity (Wildman–Crippen MR) is 67.7 cm³/mol. The summed E-state index contributed by atoms with van der Waals surface area (Å²) in [6, 6.07) is 4.97. The van der Waals surface area contributed by atoms with Crippen molar-refractivity contribution >= 4 is 41.1 Å². The Balaban J connectivity index is 2.61. The number of nitrogens with one attached hydrogen (secondary N) is 1. The fourth-order valence-electron chi connectivity index (χ4n) is 1.02. The lowest BCUT2D eigenvalue weighted by molar-refractivity contribution is -0.122. The topological polar surface area (TPSA) is 72.2 Å². The van der Waals surface area contributed by atoms with Crippen molar-refractivity contribution in [3.8, 4) is 0 Å². The molecule has 0 heterocycles. The fraction of sp³-hybridized carbons (Fsp3) is 0.0909. The summed E-state index contributed by atoms with van der Waals surface area (Å²) in [6.07, 6.45) is 2.83. The first-order valence-electron chi connectivity index (χ1n) is 4.68. The number of hydrogen-bond acceptors (Lipinski definition) is 2. The maximum atomic E-state index is 11.2. The predicted octanol–water partition coefficient (Wildman–Crippen LogP) is 1.61. The molecule has 1 rings (SSSR count). The monoisotopic (exact) mass is 272 g/mol. The van der Waals surface area contributed by atoms with Crippen molar-refractivity contribution < 1.29 is 9.59 Å². The van der Waals surface area contributed by atoms with E-state index in [4.69, 9.17) is 28.9 Å². The van der Waals surface area contributed by atoms with E-state index in [0.29, 0.717) is 10.0 Å². The smallest absolute Gasteiger partial charge is 0.244 e. The zero-order chi connectivity index (χ0) is 12.8. The van der Waals surface area contributed by atoms with Crippen molar-refractivity contribution in [3.63, 3.8) is 0 Å². The first-order chi connectivity index (χ1) is 7.99. The van der Waals surface area contributed by atoms with Crippen LogP contribution in [0.5, 0.6) is 0 Å². The second-order valence-electron chi connectivity index (χ2n) is 3.19. The minimum absolute atomic E-state index is 0.190. The first kappa shape index (κ1) is 13.5. The summed E-state index contributed by atoms with van der Waals surface area (Å²) in [5, 5.41) is 3.17. The molecule has 0 saturated heterocycles. The van der Waals surface area contributed by atoms with E-state index in [2.05, 4.69) is 5.32 Å². The standard InChI is InChI=1S/C11H10Cl2N2O2/c12-8-3-1-7(5-9(8)13)2-4-11(17)15-6-10(14)16/h1-5H,6H2,(H2,14,16)(H,15,17). The number of halogens is 2. The Kier molecular flexibility index (Phi) is 5.00. The number of amides is 2. The number of benzene rings is 1. The highest BCUT2D eigenvalue weighted by atomic mass is 35.5. The molecule has 0 saturated carbocycles. The number of rotatable bonds is 4. The zero-order valence-corrected chi connectivity index (χ0v) is 10.3. The van der Waals surface area contributed by atoms with Crippen LogP contribution in [0.1, 0.15) is 5.56 Å². The molecule has 0 fully saturated rings. The van der Waals surface area contributed by atoms with Crippen LogP contribution >= 0.6 is 23.2 Å². The van der Waals surface area contributed by atoms with Crippen molar-refractivity contribution in [1.82, 2.24) is 5.32 Å². The Morgan fingerprint density at radius 3 is 2.59 bits per heavy atom. The second kappa shape index (κ2) is 6.27. The van der Waals surface area contributed by atoms with Gasteiger partial charge in [0.05, 0.1) is 16.6 Å². The van der Waals surface area contributed by atoms with Gasteiger partial charge in [-0.05, 0) is 23.8 Å². The molecule has 90 valence electrons. The largest absolute Gasteiger partial charge is 0.368 e. The average molecular weight is 273 g/mol. The Hall–Kier alpha value is -1.52. The summed E-state index contributed by atoms with van der Waals surface area (Å²) in [7, 11) is 0. The SMILES string of the molecule is NC(=O)CNC(=O)C=Cc1ccc(Cl)c(Cl)c1. The molecule has 1 aromatic carbocycles. The van der Waals surface area contributed by atoms with Crippen LogP contribution < -0.4 is 11.1 Å². The van der Waals surface area contributed by atoms with E-state index in [1.165, 1.54) is 6.08 Å². The molecule has 0 aliphatic rings. The Labute approximate surface area is 108 Å². The van der Waals surface area contributed by atoms with Gasteiger partial charge < -0.3 is 11.1 Å². The lowest BCUT2D eigenvalue weighted by atomic mass is 10.2. The molecule has 0 aromatic heterocycles. The van der Waals surface area contributed by atoms with Gasteiger partial charge in [0.2, 0.25) is 11.8 Å². The number of hydrogen-bond donors (Lipinski definition) is 2. The highest BCUT2D eigenvalue weighted by molar-refractivity contribution is 6.42. The molecule has 4 nitrogen and oxygen atoms in total. The van der Waals surface area contributed by atoms with Gasteiger partial charge in [0.15, 0.2) is 0 Å². The van der Waals surface area contributed by atoms with Crippen molar-refractivity contribution in [3.05, 3.63) is 39.9 Å². The van der Waals surface area contributed by atoms with Gasteiger partial charge in [-0.15, -0.1) is 0 Å². The van der Waals surface area contributed by atoms with Gasteiger partial charge in [0.25, 0.3) is 0 Å². The van der Waals surface area contributed by atoms with E-state index in [-0.39, 0.29) is 6.54 Å². The van der Waals surface area contributed by atoms with Crippen LogP contribution in [-0.2, 0) is 9.59 Å². The maximum absolute atomic E-state index is 11.2. The van der Waals surface area contributed by atoms with Gasteiger partial charge in [0, 0.05) is 6.08 Å². The molecule has 2 amide bonds. The van der Waals surface area contributed by atoms with E-state index in [9.17, 15) is 9.59 Å². The van der Waals surface area contributed by atoms with Crippen molar-refractivity contribution in [2.75, 3.05) is 6.54 Å². The van der Waals surface area contributed by atoms with E-state index < -0.39 is 11.8 Å². The Bertz CT molecular complexity index is 473. The Morgan fingerprint density at radius 2 is 2.00 bits per heavy atom. The molecular formula is C11H10Cl2N2O2. The van der Waals surface area contributed by atoms with Gasteiger partial charge in [-0.1, -0.05) is 29.3 Å². The molecule has 0 bridgehead atoms. The number of primary amides is 1. The zero-order valence-electron chi connectivity index (χ0n) is 8.74. The molecule has 6 heteroatoms. The Morgan fingerprint density at radius 1 is 1.29 bits per heavy atom. The van der Waals surface area contributed by atoms with Crippen molar-refractivity contribution in [1.29, 1.82) is 0 Å². The van der Waals surface area contributed by atoms with Crippen LogP contribution in [0.25, 0.3) is 6.08 Å². The minimum Gasteiger partial charge on any atom is -0.368 e. The van der Waals surface area contributed by atoms with Crippen LogP contribution in [0.15, 0.2) is 24.3 Å². The summed E-state index contributed by atoms with van der Waals surface area (Å²) in [6.45, 7) is -0.190. The molecule has 1 aromatic rings. The summed E-state index contributed by atoms with van der Waals surface area (Å²) in [4.78, 5) is 21.6. The quantitative estimate of drug-likeness (QED) is 0.818. The second-order valence-corrected chi connectivity index (χ2v) is 4.01. The number of carbonyl (C=O) groups excluding carboxylic acids is 2. The van der Waals surface area contributed by atoms with E-state index in [1.807, 2.05) is 0 Å².